The molecule has 1 heteroatoms. The first-order chi connectivity index (χ1) is 6.76. The molecule has 0 unspecified atom stereocenters. The Kier molecular flexibility index (Phi) is 4.51. The van der Waals surface area contributed by atoms with Crippen LogP contribution in [0.2, 0.25) is 0 Å². The van der Waals surface area contributed by atoms with Gasteiger partial charge in [-0.1, -0.05) is 25.0 Å². The van der Waals surface area contributed by atoms with Crippen LogP contribution in [0.5, 0.6) is 0 Å². The Balaban J connectivity index is 2.39. The summed E-state index contributed by atoms with van der Waals surface area (Å²) >= 11 is 0. The van der Waals surface area contributed by atoms with Crippen LogP contribution in [-0.2, 0) is 13.5 Å². The number of hydrogen-bond acceptors (Lipinski definition) is 0. The maximum atomic E-state index is 2.27. The fraction of sp³-hybridized carbons (Fsp3) is 0.538. The summed E-state index contributed by atoms with van der Waals surface area (Å²) in [6.45, 7) is 4.39. The molecule has 1 rings (SSSR count). The highest BCUT2D eigenvalue weighted by Gasteiger charge is 1.98. The molecule has 1 aromatic heterocycles. The Hall–Kier alpha value is -0.980. The fourth-order valence-electron chi connectivity index (χ4n) is 1.75. The Labute approximate surface area is 87.4 Å². The molecule has 0 aromatic carbocycles. The molecule has 1 aromatic rings. The third-order valence-electron chi connectivity index (χ3n) is 2.61. The Morgan fingerprint density at radius 1 is 1.43 bits per heavy atom. The number of allylic oxidation sites excluding steroid dienone is 2. The average molecular weight is 191 g/mol. The van der Waals surface area contributed by atoms with Crippen LogP contribution in [0.1, 0.15) is 38.7 Å². The topological polar surface area (TPSA) is 4.93 Å². The van der Waals surface area contributed by atoms with E-state index in [9.17, 15) is 0 Å². The molecule has 14 heavy (non-hydrogen) atoms. The minimum atomic E-state index is 1.18. The van der Waals surface area contributed by atoms with Crippen LogP contribution in [0.3, 0.4) is 0 Å². The molecule has 1 nitrogen and oxygen atoms in total. The van der Waals surface area contributed by atoms with Crippen LogP contribution in [0.25, 0.3) is 0 Å². The normalized spacial score (nSPS) is 12.1. The lowest BCUT2D eigenvalue weighted by molar-refractivity contribution is 0.812. The predicted octanol–water partition coefficient (Wildman–Crippen LogP) is 3.70. The van der Waals surface area contributed by atoms with Gasteiger partial charge in [0.1, 0.15) is 0 Å². The first-order valence-corrected chi connectivity index (χ1v) is 5.51. The van der Waals surface area contributed by atoms with Crippen molar-refractivity contribution in [2.75, 3.05) is 0 Å². The van der Waals surface area contributed by atoms with Crippen molar-refractivity contribution in [3.05, 3.63) is 35.7 Å². The third kappa shape index (κ3) is 3.41. The van der Waals surface area contributed by atoms with Gasteiger partial charge in [-0.2, -0.15) is 0 Å². The lowest BCUT2D eigenvalue weighted by atomic mass is 10.0. The SMILES string of the molecule is C/C=C(\CCC)CCc1ccn(C)c1. The van der Waals surface area contributed by atoms with E-state index in [1.165, 1.54) is 31.2 Å². The first kappa shape index (κ1) is 11.1. The highest BCUT2D eigenvalue weighted by molar-refractivity contribution is 5.13. The van der Waals surface area contributed by atoms with Crippen molar-refractivity contribution in [3.8, 4) is 0 Å². The van der Waals surface area contributed by atoms with Crippen molar-refractivity contribution in [1.29, 1.82) is 0 Å². The molecule has 0 N–H and O–H groups in total. The minimum Gasteiger partial charge on any atom is -0.357 e. The minimum absolute atomic E-state index is 1.18. The van der Waals surface area contributed by atoms with Crippen LogP contribution >= 0.6 is 0 Å². The maximum absolute atomic E-state index is 2.27. The van der Waals surface area contributed by atoms with E-state index in [0.717, 1.165) is 0 Å². The summed E-state index contributed by atoms with van der Waals surface area (Å²) in [5, 5.41) is 0. The molecule has 0 fully saturated rings. The van der Waals surface area contributed by atoms with Crippen LogP contribution in [-0.4, -0.2) is 4.57 Å². The monoisotopic (exact) mass is 191 g/mol. The second-order valence-corrected chi connectivity index (χ2v) is 3.88. The molecule has 0 bridgehead atoms. The van der Waals surface area contributed by atoms with Crippen molar-refractivity contribution in [3.63, 3.8) is 0 Å². The largest absolute Gasteiger partial charge is 0.357 e. The fourth-order valence-corrected chi connectivity index (χ4v) is 1.75. The van der Waals surface area contributed by atoms with Crippen LogP contribution in [0.4, 0.5) is 0 Å². The molecule has 0 saturated heterocycles. The summed E-state index contributed by atoms with van der Waals surface area (Å²) in [5.41, 5.74) is 3.04. The zero-order valence-corrected chi connectivity index (χ0v) is 9.59. The molecular formula is C13H21N. The van der Waals surface area contributed by atoms with Crippen molar-refractivity contribution >= 4 is 0 Å². The zero-order valence-electron chi connectivity index (χ0n) is 9.59. The molecule has 0 aliphatic heterocycles. The number of aromatic nitrogens is 1. The highest BCUT2D eigenvalue weighted by atomic mass is 14.9. The summed E-state index contributed by atoms with van der Waals surface area (Å²) in [7, 11) is 2.08. The van der Waals surface area contributed by atoms with Gasteiger partial charge in [0.25, 0.3) is 0 Å². The van der Waals surface area contributed by atoms with E-state index in [0.29, 0.717) is 0 Å². The molecular weight excluding hydrogens is 170 g/mol. The van der Waals surface area contributed by atoms with Gasteiger partial charge in [-0.15, -0.1) is 0 Å². The molecule has 0 aliphatic carbocycles. The molecule has 0 radical (unpaired) electrons. The third-order valence-corrected chi connectivity index (χ3v) is 2.61. The van der Waals surface area contributed by atoms with E-state index in [1.54, 1.807) is 5.57 Å². The summed E-state index contributed by atoms with van der Waals surface area (Å²) in [6, 6.07) is 2.21. The number of hydrogen-bond donors (Lipinski definition) is 0. The number of rotatable bonds is 5. The molecule has 0 atom stereocenters. The van der Waals surface area contributed by atoms with E-state index in [-0.39, 0.29) is 0 Å². The van der Waals surface area contributed by atoms with Gasteiger partial charge >= 0.3 is 0 Å². The first-order valence-electron chi connectivity index (χ1n) is 5.51. The van der Waals surface area contributed by atoms with E-state index in [4.69, 9.17) is 0 Å². The van der Waals surface area contributed by atoms with E-state index in [1.807, 2.05) is 0 Å². The second-order valence-electron chi connectivity index (χ2n) is 3.88. The maximum Gasteiger partial charge on any atom is 0.0106 e. The van der Waals surface area contributed by atoms with Crippen molar-refractivity contribution in [1.82, 2.24) is 4.57 Å². The van der Waals surface area contributed by atoms with Gasteiger partial charge in [0, 0.05) is 19.4 Å². The van der Waals surface area contributed by atoms with Gasteiger partial charge in [-0.05, 0) is 37.8 Å². The van der Waals surface area contributed by atoms with E-state index >= 15 is 0 Å². The van der Waals surface area contributed by atoms with Gasteiger partial charge < -0.3 is 4.57 Å². The summed E-state index contributed by atoms with van der Waals surface area (Å²) < 4.78 is 2.12. The van der Waals surface area contributed by atoms with Gasteiger partial charge in [0.05, 0.1) is 0 Å². The van der Waals surface area contributed by atoms with Gasteiger partial charge in [0.2, 0.25) is 0 Å². The van der Waals surface area contributed by atoms with Crippen molar-refractivity contribution in [2.45, 2.75) is 39.5 Å². The quantitative estimate of drug-likeness (QED) is 0.625. The lowest BCUT2D eigenvalue weighted by Gasteiger charge is -2.03. The van der Waals surface area contributed by atoms with Gasteiger partial charge in [0.15, 0.2) is 0 Å². The van der Waals surface area contributed by atoms with Gasteiger partial charge in [-0.25, -0.2) is 0 Å². The molecule has 0 aliphatic rings. The van der Waals surface area contributed by atoms with E-state index in [2.05, 4.69) is 50.0 Å². The van der Waals surface area contributed by atoms with Crippen LogP contribution in [0.15, 0.2) is 30.1 Å². The molecule has 1 heterocycles. The van der Waals surface area contributed by atoms with Crippen LogP contribution in [0, 0.1) is 0 Å². The number of nitrogens with zero attached hydrogens (tertiary/aromatic N) is 1. The standard InChI is InChI=1S/C13H21N/c1-4-6-12(5-2)7-8-13-9-10-14(3)11-13/h5,9-11H,4,6-8H2,1-3H3/b12-5+. The highest BCUT2D eigenvalue weighted by Crippen LogP contribution is 2.13. The second kappa shape index (κ2) is 5.69. The van der Waals surface area contributed by atoms with Gasteiger partial charge in [-0.3, -0.25) is 0 Å². The average Bonchev–Trinajstić information content (AvgIpc) is 2.59. The molecule has 0 spiro atoms. The zero-order chi connectivity index (χ0) is 10.4. The van der Waals surface area contributed by atoms with E-state index < -0.39 is 0 Å². The molecule has 0 amide bonds. The Morgan fingerprint density at radius 3 is 2.71 bits per heavy atom. The molecule has 0 saturated carbocycles. The Bertz CT molecular complexity index is 294. The lowest BCUT2D eigenvalue weighted by Crippen LogP contribution is -1.88. The van der Waals surface area contributed by atoms with Crippen molar-refractivity contribution in [2.24, 2.45) is 7.05 Å². The summed E-state index contributed by atoms with van der Waals surface area (Å²) in [6.07, 6.45) is 11.5. The number of aryl methyl sites for hydroxylation is 2. The van der Waals surface area contributed by atoms with Crippen LogP contribution < -0.4 is 0 Å². The summed E-state index contributed by atoms with van der Waals surface area (Å²) in [5.74, 6) is 0. The predicted molar refractivity (Wildman–Crippen MR) is 62.4 cm³/mol. The smallest absolute Gasteiger partial charge is 0.0106 e. The Morgan fingerprint density at radius 2 is 2.21 bits per heavy atom. The molecule has 78 valence electrons. The van der Waals surface area contributed by atoms with Crippen molar-refractivity contribution < 1.29 is 0 Å². The summed E-state index contributed by atoms with van der Waals surface area (Å²) in [4.78, 5) is 0.